The van der Waals surface area contributed by atoms with Crippen LogP contribution in [0.2, 0.25) is 0 Å². The summed E-state index contributed by atoms with van der Waals surface area (Å²) in [5.74, 6) is -1.83. The van der Waals surface area contributed by atoms with Crippen molar-refractivity contribution in [2.45, 2.75) is 13.0 Å². The number of hydrogen-bond acceptors (Lipinski definition) is 6. The Morgan fingerprint density at radius 1 is 1.14 bits per heavy atom. The number of nitrogens with zero attached hydrogens (tertiary/aromatic N) is 2. The van der Waals surface area contributed by atoms with Gasteiger partial charge in [0.25, 0.3) is 5.78 Å². The monoisotopic (exact) mass is 552 g/mol. The number of anilines is 1. The molecule has 0 bridgehead atoms. The summed E-state index contributed by atoms with van der Waals surface area (Å²) >= 11 is 4.69. The summed E-state index contributed by atoms with van der Waals surface area (Å²) in [5.41, 5.74) is 1.41. The summed E-state index contributed by atoms with van der Waals surface area (Å²) in [7, 11) is 0. The van der Waals surface area contributed by atoms with Gasteiger partial charge in [-0.1, -0.05) is 39.4 Å². The van der Waals surface area contributed by atoms with Crippen LogP contribution in [0.1, 0.15) is 24.1 Å². The van der Waals surface area contributed by atoms with Crippen molar-refractivity contribution in [1.82, 2.24) is 4.98 Å². The summed E-state index contributed by atoms with van der Waals surface area (Å²) in [5, 5.41) is 11.4. The number of aliphatic hydroxyl groups is 1. The minimum Gasteiger partial charge on any atom is -0.507 e. The highest BCUT2D eigenvalue weighted by Gasteiger charge is 2.48. The molecule has 35 heavy (non-hydrogen) atoms. The molecular formula is C26H18BrFN2O4S. The van der Waals surface area contributed by atoms with Crippen LogP contribution in [-0.2, 0) is 9.59 Å². The van der Waals surface area contributed by atoms with Crippen LogP contribution in [0.15, 0.2) is 76.8 Å². The van der Waals surface area contributed by atoms with Crippen molar-refractivity contribution >= 4 is 60.1 Å². The van der Waals surface area contributed by atoms with Gasteiger partial charge in [-0.3, -0.25) is 14.5 Å². The van der Waals surface area contributed by atoms with Gasteiger partial charge in [-0.25, -0.2) is 9.37 Å². The van der Waals surface area contributed by atoms with E-state index in [4.69, 9.17) is 4.74 Å². The molecule has 6 nitrogen and oxygen atoms in total. The number of halogens is 2. The number of ketones is 1. The lowest BCUT2D eigenvalue weighted by Gasteiger charge is -2.23. The van der Waals surface area contributed by atoms with Gasteiger partial charge in [-0.2, -0.15) is 0 Å². The molecule has 1 amide bonds. The van der Waals surface area contributed by atoms with Crippen molar-refractivity contribution in [3.8, 4) is 5.75 Å². The van der Waals surface area contributed by atoms with Crippen LogP contribution in [0.5, 0.6) is 5.75 Å². The lowest BCUT2D eigenvalue weighted by molar-refractivity contribution is -0.132. The highest BCUT2D eigenvalue weighted by molar-refractivity contribution is 9.10. The second kappa shape index (κ2) is 9.24. The number of ether oxygens (including phenoxy) is 1. The van der Waals surface area contributed by atoms with Gasteiger partial charge in [-0.05, 0) is 67.1 Å². The first kappa shape index (κ1) is 23.2. The average molecular weight is 553 g/mol. The smallest absolute Gasteiger partial charge is 0.301 e. The van der Waals surface area contributed by atoms with E-state index in [1.807, 2.05) is 19.1 Å². The van der Waals surface area contributed by atoms with E-state index in [2.05, 4.69) is 20.9 Å². The van der Waals surface area contributed by atoms with E-state index < -0.39 is 23.5 Å². The SMILES string of the molecule is CCOc1ccc2nc(N3C(=O)C(=O)/C(=C(/O)c4ccc(F)cc4)[C@@H]3c3cccc(Br)c3)sc2c1. The number of thiazole rings is 1. The van der Waals surface area contributed by atoms with Crippen LogP contribution >= 0.6 is 27.3 Å². The van der Waals surface area contributed by atoms with Gasteiger partial charge in [0.15, 0.2) is 5.13 Å². The topological polar surface area (TPSA) is 79.7 Å². The third-order valence-corrected chi connectivity index (χ3v) is 7.10. The molecule has 3 aromatic carbocycles. The maximum atomic E-state index is 13.5. The fourth-order valence-electron chi connectivity index (χ4n) is 4.04. The van der Waals surface area contributed by atoms with E-state index in [9.17, 15) is 19.1 Å². The number of aliphatic hydroxyl groups excluding tert-OH is 1. The minimum atomic E-state index is -0.926. The van der Waals surface area contributed by atoms with Gasteiger partial charge < -0.3 is 9.84 Å². The van der Waals surface area contributed by atoms with E-state index in [-0.39, 0.29) is 16.9 Å². The van der Waals surface area contributed by atoms with Crippen molar-refractivity contribution in [1.29, 1.82) is 0 Å². The van der Waals surface area contributed by atoms with Gasteiger partial charge in [0.1, 0.15) is 17.3 Å². The number of benzene rings is 3. The Morgan fingerprint density at radius 2 is 1.91 bits per heavy atom. The van der Waals surface area contributed by atoms with Gasteiger partial charge in [-0.15, -0.1) is 0 Å². The summed E-state index contributed by atoms with van der Waals surface area (Å²) in [6, 6.07) is 16.7. The Labute approximate surface area is 212 Å². The highest BCUT2D eigenvalue weighted by atomic mass is 79.9. The van der Waals surface area contributed by atoms with E-state index in [0.717, 1.165) is 9.17 Å². The van der Waals surface area contributed by atoms with Crippen LogP contribution < -0.4 is 9.64 Å². The maximum absolute atomic E-state index is 13.5. The first-order valence-corrected chi connectivity index (χ1v) is 12.3. The predicted molar refractivity (Wildman–Crippen MR) is 136 cm³/mol. The molecule has 1 saturated heterocycles. The highest BCUT2D eigenvalue weighted by Crippen LogP contribution is 2.45. The quantitative estimate of drug-likeness (QED) is 0.180. The van der Waals surface area contributed by atoms with Gasteiger partial charge >= 0.3 is 5.91 Å². The van der Waals surface area contributed by atoms with E-state index in [0.29, 0.717) is 28.6 Å². The second-order valence-electron chi connectivity index (χ2n) is 7.79. The summed E-state index contributed by atoms with van der Waals surface area (Å²) in [6.45, 7) is 2.40. The molecule has 1 fully saturated rings. The number of carbonyl (C=O) groups is 2. The molecule has 2 heterocycles. The van der Waals surface area contributed by atoms with Crippen molar-refractivity contribution in [2.24, 2.45) is 0 Å². The lowest BCUT2D eigenvalue weighted by atomic mass is 9.95. The third kappa shape index (κ3) is 4.21. The average Bonchev–Trinajstić information content (AvgIpc) is 3.37. The molecular weight excluding hydrogens is 535 g/mol. The largest absolute Gasteiger partial charge is 0.507 e. The standard InChI is InChI=1S/C26H18BrFN2O4S/c1-2-34-18-10-11-19-20(13-18)35-26(29-19)30-22(15-4-3-5-16(27)12-15)21(24(32)25(30)33)23(31)14-6-8-17(28)9-7-14/h3-13,22,31H,2H2,1H3/b23-21+/t22-/m0/s1. The number of Topliss-reactive ketones (excluding diaryl/α,β-unsaturated/α-hetero) is 1. The molecule has 0 unspecified atom stereocenters. The number of rotatable bonds is 5. The molecule has 1 aliphatic rings. The zero-order valence-electron chi connectivity index (χ0n) is 18.4. The normalized spacial score (nSPS) is 17.3. The fourth-order valence-corrected chi connectivity index (χ4v) is 5.48. The van der Waals surface area contributed by atoms with Crippen LogP contribution in [-0.4, -0.2) is 28.4 Å². The Hall–Kier alpha value is -3.56. The van der Waals surface area contributed by atoms with Crippen molar-refractivity contribution in [3.63, 3.8) is 0 Å². The zero-order valence-corrected chi connectivity index (χ0v) is 20.8. The predicted octanol–water partition coefficient (Wildman–Crippen LogP) is 6.22. The molecule has 4 aromatic rings. The first-order chi connectivity index (χ1) is 16.9. The second-order valence-corrected chi connectivity index (χ2v) is 9.71. The summed E-state index contributed by atoms with van der Waals surface area (Å²) in [4.78, 5) is 32.5. The molecule has 1 aliphatic heterocycles. The first-order valence-electron chi connectivity index (χ1n) is 10.7. The number of aromatic nitrogens is 1. The summed E-state index contributed by atoms with van der Waals surface area (Å²) in [6.07, 6.45) is 0. The molecule has 5 rings (SSSR count). The summed E-state index contributed by atoms with van der Waals surface area (Å²) < 4.78 is 20.6. The number of fused-ring (bicyclic) bond motifs is 1. The van der Waals surface area contributed by atoms with E-state index in [1.165, 1.54) is 40.5 Å². The van der Waals surface area contributed by atoms with Crippen LogP contribution in [0.25, 0.3) is 16.0 Å². The van der Waals surface area contributed by atoms with Gasteiger partial charge in [0.2, 0.25) is 0 Å². The zero-order chi connectivity index (χ0) is 24.7. The third-order valence-electron chi connectivity index (χ3n) is 5.59. The van der Waals surface area contributed by atoms with Crippen LogP contribution in [0.4, 0.5) is 9.52 Å². The lowest BCUT2D eigenvalue weighted by Crippen LogP contribution is -2.29. The van der Waals surface area contributed by atoms with E-state index in [1.54, 1.807) is 30.3 Å². The molecule has 9 heteroatoms. The molecule has 1 N–H and O–H groups in total. The molecule has 0 aliphatic carbocycles. The van der Waals surface area contributed by atoms with Gasteiger partial charge in [0, 0.05) is 10.0 Å². The van der Waals surface area contributed by atoms with Crippen molar-refractivity contribution in [2.75, 3.05) is 11.5 Å². The maximum Gasteiger partial charge on any atom is 0.301 e. The number of hydrogen-bond donors (Lipinski definition) is 1. The van der Waals surface area contributed by atoms with Crippen molar-refractivity contribution in [3.05, 3.63) is 93.7 Å². The Morgan fingerprint density at radius 3 is 2.63 bits per heavy atom. The Bertz CT molecular complexity index is 1500. The Balaban J connectivity index is 1.70. The number of amides is 1. The molecule has 176 valence electrons. The fraction of sp³-hybridized carbons (Fsp3) is 0.115. The molecule has 1 aromatic heterocycles. The van der Waals surface area contributed by atoms with Crippen LogP contribution in [0.3, 0.4) is 0 Å². The van der Waals surface area contributed by atoms with Crippen molar-refractivity contribution < 1.29 is 23.8 Å². The van der Waals surface area contributed by atoms with Crippen LogP contribution in [0, 0.1) is 5.82 Å². The molecule has 0 radical (unpaired) electrons. The molecule has 1 atom stereocenters. The van der Waals surface area contributed by atoms with E-state index >= 15 is 0 Å². The number of carbonyl (C=O) groups excluding carboxylic acids is 2. The minimum absolute atomic E-state index is 0.0889. The Kier molecular flexibility index (Phi) is 6.12. The molecule has 0 spiro atoms. The van der Waals surface area contributed by atoms with Gasteiger partial charge in [0.05, 0.1) is 28.4 Å². The molecule has 0 saturated carbocycles.